The third-order valence-electron chi connectivity index (χ3n) is 6.01. The Hall–Kier alpha value is -2.80. The third kappa shape index (κ3) is 12.1. The molecule has 0 radical (unpaired) electrons. The van der Waals surface area contributed by atoms with Crippen LogP contribution in [0.25, 0.3) is 40.3 Å². The van der Waals surface area contributed by atoms with Gasteiger partial charge in [-0.1, -0.05) is 0 Å². The molecule has 54 heavy (non-hydrogen) atoms. The second-order valence-corrected chi connectivity index (χ2v) is 13.2. The number of halogens is 23. The minimum absolute atomic E-state index is 0. The van der Waals surface area contributed by atoms with Crippen LogP contribution in [0.3, 0.4) is 0 Å². The van der Waals surface area contributed by atoms with Crippen molar-refractivity contribution in [2.45, 2.75) is 11.0 Å². The van der Waals surface area contributed by atoms with E-state index in [0.717, 1.165) is 0 Å². The van der Waals surface area contributed by atoms with E-state index in [1.165, 1.54) is 0 Å². The van der Waals surface area contributed by atoms with Crippen molar-refractivity contribution in [1.29, 1.82) is 0 Å². The Balaban J connectivity index is 0.000000814. The molecule has 0 amide bonds. The van der Waals surface area contributed by atoms with E-state index in [1.54, 1.807) is 0 Å². The number of hydrogen-bond donors (Lipinski definition) is 0. The molecule has 2 heterocycles. The first kappa shape index (κ1) is 51.2. The van der Waals surface area contributed by atoms with Crippen molar-refractivity contribution in [1.82, 2.24) is 0 Å². The molecule has 0 unspecified atom stereocenters. The van der Waals surface area contributed by atoms with Gasteiger partial charge >= 0.3 is 55.4 Å². The van der Waals surface area contributed by atoms with E-state index in [4.69, 9.17) is 0 Å². The number of fused-ring (bicyclic) bond motifs is 6. The van der Waals surface area contributed by atoms with Crippen LogP contribution < -0.4 is 46.7 Å². The summed E-state index contributed by atoms with van der Waals surface area (Å²) in [6, 6.07) is 3.99. The molecule has 0 N–H and O–H groups in total. The third-order valence-corrected chi connectivity index (χ3v) is 10.0. The fourth-order valence-corrected chi connectivity index (χ4v) is 8.28. The Bertz CT molecular complexity index is 1940. The molecule has 0 aliphatic rings. The first-order chi connectivity index (χ1) is 23.1. The van der Waals surface area contributed by atoms with Crippen LogP contribution in [-0.2, 0) is 11.0 Å². The van der Waals surface area contributed by atoms with Crippen molar-refractivity contribution in [3.8, 4) is 0 Å². The van der Waals surface area contributed by atoms with Gasteiger partial charge in [-0.25, -0.2) is 35.1 Å². The molecule has 0 saturated heterocycles. The van der Waals surface area contributed by atoms with Gasteiger partial charge < -0.3 is 34.4 Å². The Morgan fingerprint density at radius 3 is 0.667 bits per heavy atom. The zero-order valence-corrected chi connectivity index (χ0v) is 29.7. The maximum absolute atomic E-state index is 13.3. The predicted octanol–water partition coefficient (Wildman–Crippen LogP) is 4.74. The quantitative estimate of drug-likeness (QED) is 0.118. The van der Waals surface area contributed by atoms with E-state index in [2.05, 4.69) is 0 Å². The van der Waals surface area contributed by atoms with Gasteiger partial charge in [0, 0.05) is 24.3 Å². The fourth-order valence-electron chi connectivity index (χ4n) is 4.37. The summed E-state index contributed by atoms with van der Waals surface area (Å²) in [7, 11) is -15.0. The van der Waals surface area contributed by atoms with Crippen LogP contribution in [0.5, 0.6) is 0 Å². The maximum Gasteiger partial charge on any atom is 1.00 e. The number of alkyl halides is 6. The van der Waals surface area contributed by atoms with Gasteiger partial charge in [0.2, 0.25) is 0 Å². The summed E-state index contributed by atoms with van der Waals surface area (Å²) in [6.45, 7) is 0. The van der Waals surface area contributed by atoms with Crippen molar-refractivity contribution in [3.63, 3.8) is 0 Å². The topological polar surface area (TPSA) is 0 Å². The fraction of sp³-hybridized carbons (Fsp3) is 0.0769. The van der Waals surface area contributed by atoms with E-state index >= 15 is 0 Å². The van der Waals surface area contributed by atoms with Crippen LogP contribution in [0.1, 0.15) is 0 Å². The Labute approximate surface area is 319 Å². The van der Waals surface area contributed by atoms with Crippen molar-refractivity contribution in [3.05, 3.63) is 95.1 Å². The summed E-state index contributed by atoms with van der Waals surface area (Å²) in [5, 5.41) is -1.10. The van der Waals surface area contributed by atoms with Crippen LogP contribution in [0.4, 0.5) is 91.7 Å². The summed E-state index contributed by atoms with van der Waals surface area (Å²) in [5.74, 6) is -11.2. The minimum atomic E-state index is -6.00. The van der Waals surface area contributed by atoms with Gasteiger partial charge in [0.15, 0.2) is 65.3 Å². The van der Waals surface area contributed by atoms with Crippen LogP contribution in [0, 0.1) is 46.5 Å². The average Bonchev–Trinajstić information content (AvgIpc) is 3.40. The number of hydrogen-bond acceptors (Lipinski definition) is 0. The van der Waals surface area contributed by atoms with Crippen molar-refractivity contribution in [2.24, 2.45) is 0 Å². The molecule has 0 nitrogen and oxygen atoms in total. The molecule has 4 aromatic carbocycles. The van der Waals surface area contributed by atoms with Crippen molar-refractivity contribution in [2.75, 3.05) is 0 Å². The minimum Gasteiger partial charge on any atom is -1.00 e. The Morgan fingerprint density at radius 1 is 0.407 bits per heavy atom. The standard InChI is InChI=1S/2C13H4F7S.BF4.BF3.ClH.FH.Na/c2*14-7-1-5-6-2-8(15)10(17)4-12(6)21(13(18,19)20)11(5)3-9(7)16;2-1(3,4)5;2-1(3)4;;;/h2*1-4H;;;2*1H;/q2*+1;-1;;;;+1/p-2. The summed E-state index contributed by atoms with van der Waals surface area (Å²) in [5.41, 5.74) is -9.62. The number of rotatable bonds is 0. The Morgan fingerprint density at radius 2 is 0.537 bits per heavy atom. The average molecular weight is 883 g/mol. The molecule has 6 rings (SSSR count). The van der Waals surface area contributed by atoms with E-state index < -0.39 is 112 Å². The van der Waals surface area contributed by atoms with Gasteiger partial charge in [-0.15, -0.1) is 26.3 Å². The van der Waals surface area contributed by atoms with Crippen LogP contribution >= 0.6 is 20.9 Å². The smallest absolute Gasteiger partial charge is 1.00 e. The monoisotopic (exact) mass is 882 g/mol. The van der Waals surface area contributed by atoms with Crippen LogP contribution in [0.15, 0.2) is 48.5 Å². The molecule has 2 aromatic heterocycles. The predicted molar refractivity (Wildman–Crippen MR) is 149 cm³/mol. The molecule has 0 aliphatic heterocycles. The van der Waals surface area contributed by atoms with E-state index in [9.17, 15) is 91.7 Å². The molecule has 292 valence electrons. The van der Waals surface area contributed by atoms with Crippen LogP contribution in [-0.4, -0.2) is 14.8 Å². The van der Waals surface area contributed by atoms with Crippen molar-refractivity contribution < 1.29 is 138 Å². The first-order valence-electron chi connectivity index (χ1n) is 12.5. The van der Waals surface area contributed by atoms with Crippen molar-refractivity contribution >= 4 is 76.1 Å². The molecule has 0 bridgehead atoms. The molecule has 0 spiro atoms. The first-order valence-corrected chi connectivity index (χ1v) is 15.0. The van der Waals surface area contributed by atoms with Gasteiger partial charge in [0.05, 0.1) is 21.5 Å². The van der Waals surface area contributed by atoms with E-state index in [0.29, 0.717) is 48.5 Å². The molecule has 0 aliphatic carbocycles. The SMILES string of the molecule is FB(F)F.F[B-](F)(F)F.Fc1cc2c3cc(F)c(F)cc3[s+](C(F)(F)F)c2cc1F.Fc1cc2c3cc(F)c(F)cc3[s+](C(F)(F)F)c2cc1F.[Cl-].[F-].[Na+]. The van der Waals surface area contributed by atoms with Gasteiger partial charge in [0.1, 0.15) is 20.9 Å². The summed E-state index contributed by atoms with van der Waals surface area (Å²) in [6.07, 6.45) is 0. The molecule has 0 fully saturated rings. The second-order valence-electron chi connectivity index (χ2n) is 9.30. The number of benzene rings is 4. The zero-order valence-electron chi connectivity index (χ0n) is 25.3. The van der Waals surface area contributed by atoms with Gasteiger partial charge in [-0.2, -0.15) is 0 Å². The maximum atomic E-state index is 13.3. The second kappa shape index (κ2) is 18.9. The number of thiophene rings is 2. The van der Waals surface area contributed by atoms with Crippen LogP contribution in [0.2, 0.25) is 0 Å². The molecular formula is C26H8B2ClF22NaS2. The van der Waals surface area contributed by atoms with Gasteiger partial charge in [-0.3, -0.25) is 12.9 Å². The van der Waals surface area contributed by atoms with E-state index in [1.807, 2.05) is 0 Å². The van der Waals surface area contributed by atoms with E-state index in [-0.39, 0.29) is 68.2 Å². The van der Waals surface area contributed by atoms with Gasteiger partial charge in [-0.05, 0) is 24.3 Å². The molecular weight excluding hydrogens is 874 g/mol. The largest absolute Gasteiger partial charge is 1.00 e. The molecule has 28 heteroatoms. The van der Waals surface area contributed by atoms with Gasteiger partial charge in [0.25, 0.3) is 0 Å². The normalized spacial score (nSPS) is 11.4. The molecule has 6 aromatic rings. The zero-order chi connectivity index (χ0) is 39.1. The summed E-state index contributed by atoms with van der Waals surface area (Å²) < 4.78 is 251. The molecule has 0 atom stereocenters. The molecule has 0 saturated carbocycles. The summed E-state index contributed by atoms with van der Waals surface area (Å²) in [4.78, 5) is 0. The summed E-state index contributed by atoms with van der Waals surface area (Å²) >= 11 is 0. The Kier molecular flexibility index (Phi) is 17.9.